The number of thiazole rings is 1. The van der Waals surface area contributed by atoms with Crippen LogP contribution in [0.25, 0.3) is 22.7 Å². The fourth-order valence-corrected chi connectivity index (χ4v) is 3.67. The third-order valence-electron chi connectivity index (χ3n) is 3.66. The van der Waals surface area contributed by atoms with E-state index in [1.54, 1.807) is 18.2 Å². The smallest absolute Gasteiger partial charge is 0.277 e. The van der Waals surface area contributed by atoms with Gasteiger partial charge in [0.05, 0.1) is 17.0 Å². The van der Waals surface area contributed by atoms with Gasteiger partial charge in [-0.15, -0.1) is 21.5 Å². The summed E-state index contributed by atoms with van der Waals surface area (Å²) in [6.45, 7) is 0. The van der Waals surface area contributed by atoms with Crippen LogP contribution < -0.4 is 5.32 Å². The highest BCUT2D eigenvalue weighted by Crippen LogP contribution is 2.26. The number of benzene rings is 2. The molecule has 140 valence electrons. The van der Waals surface area contributed by atoms with Gasteiger partial charge in [-0.3, -0.25) is 4.79 Å². The lowest BCUT2D eigenvalue weighted by atomic mass is 10.2. The van der Waals surface area contributed by atoms with Gasteiger partial charge in [0.25, 0.3) is 11.1 Å². The number of carbonyl (C=O) groups is 1. The predicted molar refractivity (Wildman–Crippen MR) is 107 cm³/mol. The maximum absolute atomic E-state index is 13.8. The Morgan fingerprint density at radius 1 is 1.11 bits per heavy atom. The summed E-state index contributed by atoms with van der Waals surface area (Å²) in [6, 6.07) is 15.8. The Labute approximate surface area is 167 Å². The molecule has 28 heavy (non-hydrogen) atoms. The second-order valence-electron chi connectivity index (χ2n) is 5.59. The number of rotatable bonds is 6. The van der Waals surface area contributed by atoms with Gasteiger partial charge in [-0.25, -0.2) is 9.37 Å². The van der Waals surface area contributed by atoms with Crippen LogP contribution in [0.2, 0.25) is 0 Å². The standard InChI is InChI=1S/C19H13FN4O2S2/c20-14-9-5-4-8-13(14)17-23-24-19(26-17)28-11-16(25)22-18-21-15(10-27-18)12-6-2-1-3-7-12/h1-10H,11H2,(H,21,22,25). The van der Waals surface area contributed by atoms with Gasteiger partial charge in [-0.1, -0.05) is 54.2 Å². The van der Waals surface area contributed by atoms with E-state index in [1.165, 1.54) is 17.4 Å². The second kappa shape index (κ2) is 8.32. The first kappa shape index (κ1) is 18.3. The number of hydrogen-bond donors (Lipinski definition) is 1. The Bertz CT molecular complexity index is 1100. The third-order valence-corrected chi connectivity index (χ3v) is 5.23. The van der Waals surface area contributed by atoms with Crippen molar-refractivity contribution >= 4 is 34.1 Å². The Morgan fingerprint density at radius 3 is 2.71 bits per heavy atom. The number of halogens is 1. The molecule has 0 aliphatic rings. The van der Waals surface area contributed by atoms with Gasteiger partial charge in [0.15, 0.2) is 5.13 Å². The van der Waals surface area contributed by atoms with Gasteiger partial charge in [0.2, 0.25) is 5.91 Å². The first-order valence-corrected chi connectivity index (χ1v) is 10.1. The van der Waals surface area contributed by atoms with Crippen molar-refractivity contribution in [2.75, 3.05) is 11.1 Å². The molecular formula is C19H13FN4O2S2. The van der Waals surface area contributed by atoms with E-state index >= 15 is 0 Å². The van der Waals surface area contributed by atoms with E-state index in [0.717, 1.165) is 23.0 Å². The monoisotopic (exact) mass is 412 g/mol. The Morgan fingerprint density at radius 2 is 1.89 bits per heavy atom. The van der Waals surface area contributed by atoms with Gasteiger partial charge in [0, 0.05) is 10.9 Å². The Kier molecular flexibility index (Phi) is 5.45. The van der Waals surface area contributed by atoms with Crippen LogP contribution in [0, 0.1) is 5.82 Å². The van der Waals surface area contributed by atoms with E-state index in [-0.39, 0.29) is 28.3 Å². The minimum Gasteiger partial charge on any atom is -0.411 e. The van der Waals surface area contributed by atoms with Crippen LogP contribution in [0.4, 0.5) is 9.52 Å². The molecule has 0 saturated carbocycles. The Hall–Kier alpha value is -3.04. The number of amides is 1. The Balaban J connectivity index is 1.34. The van der Waals surface area contributed by atoms with Crippen molar-refractivity contribution in [3.63, 3.8) is 0 Å². The quantitative estimate of drug-likeness (QED) is 0.461. The lowest BCUT2D eigenvalue weighted by molar-refractivity contribution is -0.113. The first-order chi connectivity index (χ1) is 13.7. The molecule has 0 bridgehead atoms. The molecule has 1 amide bonds. The van der Waals surface area contributed by atoms with Gasteiger partial charge in [-0.2, -0.15) is 0 Å². The van der Waals surface area contributed by atoms with E-state index in [2.05, 4.69) is 20.5 Å². The number of hydrogen-bond acceptors (Lipinski definition) is 7. The van der Waals surface area contributed by atoms with Crippen molar-refractivity contribution in [3.8, 4) is 22.7 Å². The summed E-state index contributed by atoms with van der Waals surface area (Å²) in [6.07, 6.45) is 0. The summed E-state index contributed by atoms with van der Waals surface area (Å²) < 4.78 is 19.2. The minimum absolute atomic E-state index is 0.0686. The normalized spacial score (nSPS) is 10.8. The van der Waals surface area contributed by atoms with E-state index in [9.17, 15) is 9.18 Å². The lowest BCUT2D eigenvalue weighted by Gasteiger charge is -1.99. The van der Waals surface area contributed by atoms with Crippen LogP contribution in [0.3, 0.4) is 0 Å². The summed E-state index contributed by atoms with van der Waals surface area (Å²) in [7, 11) is 0. The number of nitrogens with zero attached hydrogens (tertiary/aromatic N) is 3. The van der Waals surface area contributed by atoms with Crippen molar-refractivity contribution < 1.29 is 13.6 Å². The number of nitrogens with one attached hydrogen (secondary N) is 1. The van der Waals surface area contributed by atoms with Crippen molar-refractivity contribution in [1.29, 1.82) is 0 Å². The molecule has 1 N–H and O–H groups in total. The molecule has 2 aromatic carbocycles. The zero-order chi connectivity index (χ0) is 19.3. The summed E-state index contributed by atoms with van der Waals surface area (Å²) in [5.41, 5.74) is 2.02. The van der Waals surface area contributed by atoms with E-state index < -0.39 is 5.82 Å². The molecule has 9 heteroatoms. The highest BCUT2D eigenvalue weighted by molar-refractivity contribution is 7.99. The van der Waals surface area contributed by atoms with E-state index in [4.69, 9.17) is 4.42 Å². The summed E-state index contributed by atoms with van der Waals surface area (Å²) in [5, 5.41) is 13.0. The molecule has 0 radical (unpaired) electrons. The minimum atomic E-state index is -0.446. The number of aromatic nitrogens is 3. The summed E-state index contributed by atoms with van der Waals surface area (Å²) in [4.78, 5) is 16.6. The molecule has 6 nitrogen and oxygen atoms in total. The number of thioether (sulfide) groups is 1. The van der Waals surface area contributed by atoms with Gasteiger partial charge in [0.1, 0.15) is 5.82 Å². The molecule has 0 aliphatic heterocycles. The molecule has 2 heterocycles. The SMILES string of the molecule is O=C(CSc1nnc(-c2ccccc2F)o1)Nc1nc(-c2ccccc2)cs1. The molecular weight excluding hydrogens is 399 g/mol. The zero-order valence-electron chi connectivity index (χ0n) is 14.3. The van der Waals surface area contributed by atoms with Crippen molar-refractivity contribution in [1.82, 2.24) is 15.2 Å². The van der Waals surface area contributed by atoms with Gasteiger partial charge >= 0.3 is 0 Å². The fourth-order valence-electron chi connectivity index (χ4n) is 2.37. The van der Waals surface area contributed by atoms with Crippen molar-refractivity contribution in [2.45, 2.75) is 5.22 Å². The molecule has 2 aromatic heterocycles. The highest BCUT2D eigenvalue weighted by atomic mass is 32.2. The lowest BCUT2D eigenvalue weighted by Crippen LogP contribution is -2.13. The molecule has 4 rings (SSSR count). The average molecular weight is 412 g/mol. The number of carbonyl (C=O) groups excluding carboxylic acids is 1. The second-order valence-corrected chi connectivity index (χ2v) is 7.38. The maximum Gasteiger partial charge on any atom is 0.277 e. The third kappa shape index (κ3) is 4.26. The van der Waals surface area contributed by atoms with Crippen LogP contribution in [0.15, 0.2) is 69.6 Å². The van der Waals surface area contributed by atoms with Crippen molar-refractivity contribution in [2.24, 2.45) is 0 Å². The molecule has 0 unspecified atom stereocenters. The summed E-state index contributed by atoms with van der Waals surface area (Å²) in [5.74, 6) is -0.546. The van der Waals surface area contributed by atoms with Gasteiger partial charge in [-0.05, 0) is 12.1 Å². The van der Waals surface area contributed by atoms with Crippen LogP contribution in [-0.4, -0.2) is 26.8 Å². The molecule has 0 aliphatic carbocycles. The van der Waals surface area contributed by atoms with Gasteiger partial charge < -0.3 is 9.73 Å². The van der Waals surface area contributed by atoms with Crippen molar-refractivity contribution in [3.05, 3.63) is 65.8 Å². The van der Waals surface area contributed by atoms with Crippen LogP contribution in [0.1, 0.15) is 0 Å². The zero-order valence-corrected chi connectivity index (χ0v) is 16.0. The largest absolute Gasteiger partial charge is 0.411 e. The molecule has 0 saturated heterocycles. The molecule has 0 fully saturated rings. The molecule has 0 atom stereocenters. The first-order valence-electron chi connectivity index (χ1n) is 8.21. The predicted octanol–water partition coefficient (Wildman–Crippen LogP) is 4.73. The van der Waals surface area contributed by atoms with E-state index in [0.29, 0.717) is 5.13 Å². The highest BCUT2D eigenvalue weighted by Gasteiger charge is 2.14. The molecule has 0 spiro atoms. The fraction of sp³-hybridized carbons (Fsp3) is 0.0526. The number of anilines is 1. The van der Waals surface area contributed by atoms with Crippen LogP contribution in [0.5, 0.6) is 0 Å². The van der Waals surface area contributed by atoms with Crippen LogP contribution in [-0.2, 0) is 4.79 Å². The molecule has 4 aromatic rings. The summed E-state index contributed by atoms with van der Waals surface area (Å²) >= 11 is 2.43. The van der Waals surface area contributed by atoms with Crippen LogP contribution >= 0.6 is 23.1 Å². The van der Waals surface area contributed by atoms with E-state index in [1.807, 2.05) is 35.7 Å². The maximum atomic E-state index is 13.8. The average Bonchev–Trinajstić information content (AvgIpc) is 3.37. The topological polar surface area (TPSA) is 80.9 Å².